The van der Waals surface area contributed by atoms with Gasteiger partial charge in [-0.05, 0) is 47.1 Å². The van der Waals surface area contributed by atoms with E-state index in [1.165, 1.54) is 0 Å². The van der Waals surface area contributed by atoms with Crippen LogP contribution in [0, 0.1) is 6.92 Å². The number of rotatable bonds is 3. The van der Waals surface area contributed by atoms with E-state index < -0.39 is 5.60 Å². The zero-order valence-electron chi connectivity index (χ0n) is 15.7. The summed E-state index contributed by atoms with van der Waals surface area (Å²) in [6.07, 6.45) is 4.21. The average molecular weight is 350 g/mol. The SMILES string of the molecule is CCn1cc(C(=O)N2CCC3(CC2)C[C@H](NC)[C@@](C)(O)CO3)c(C)n1. The quantitative estimate of drug-likeness (QED) is 0.848. The van der Waals surface area contributed by atoms with Gasteiger partial charge in [-0.1, -0.05) is 0 Å². The van der Waals surface area contributed by atoms with Crippen LogP contribution in [0.1, 0.15) is 49.2 Å². The molecule has 0 aliphatic carbocycles. The predicted molar refractivity (Wildman–Crippen MR) is 94.5 cm³/mol. The number of aromatic nitrogens is 2. The van der Waals surface area contributed by atoms with E-state index in [1.54, 1.807) is 4.68 Å². The Morgan fingerprint density at radius 3 is 2.72 bits per heavy atom. The van der Waals surface area contributed by atoms with Gasteiger partial charge in [0.25, 0.3) is 5.91 Å². The van der Waals surface area contributed by atoms with Gasteiger partial charge in [0.15, 0.2) is 0 Å². The summed E-state index contributed by atoms with van der Waals surface area (Å²) in [6, 6.07) is 0.00790. The van der Waals surface area contributed by atoms with E-state index in [0.717, 1.165) is 31.5 Å². The summed E-state index contributed by atoms with van der Waals surface area (Å²) in [5, 5.41) is 18.0. The lowest BCUT2D eigenvalue weighted by molar-refractivity contribution is -0.189. The van der Waals surface area contributed by atoms with E-state index in [0.29, 0.717) is 25.3 Å². The van der Waals surface area contributed by atoms with Gasteiger partial charge in [0.05, 0.1) is 23.5 Å². The molecule has 0 saturated carbocycles. The summed E-state index contributed by atoms with van der Waals surface area (Å²) in [6.45, 7) is 8.15. The molecule has 0 aromatic carbocycles. The Morgan fingerprint density at radius 2 is 2.16 bits per heavy atom. The molecular formula is C18H30N4O3. The number of likely N-dealkylation sites (tertiary alicyclic amines) is 1. The number of nitrogens with zero attached hydrogens (tertiary/aromatic N) is 3. The highest BCUT2D eigenvalue weighted by Gasteiger charge is 2.48. The maximum absolute atomic E-state index is 12.8. The molecule has 1 amide bonds. The van der Waals surface area contributed by atoms with Crippen LogP contribution in [0.15, 0.2) is 6.20 Å². The van der Waals surface area contributed by atoms with Crippen LogP contribution in [-0.2, 0) is 11.3 Å². The van der Waals surface area contributed by atoms with Crippen LogP contribution < -0.4 is 5.32 Å². The summed E-state index contributed by atoms with van der Waals surface area (Å²) < 4.78 is 7.89. The second kappa shape index (κ2) is 6.70. The topological polar surface area (TPSA) is 79.6 Å². The largest absolute Gasteiger partial charge is 0.386 e. The van der Waals surface area contributed by atoms with Gasteiger partial charge in [-0.15, -0.1) is 0 Å². The highest BCUT2D eigenvalue weighted by Crippen LogP contribution is 2.38. The van der Waals surface area contributed by atoms with Gasteiger partial charge in [0, 0.05) is 31.9 Å². The molecule has 1 aromatic rings. The van der Waals surface area contributed by atoms with Crippen molar-refractivity contribution >= 4 is 5.91 Å². The van der Waals surface area contributed by atoms with Crippen molar-refractivity contribution in [2.75, 3.05) is 26.7 Å². The molecule has 140 valence electrons. The lowest BCUT2D eigenvalue weighted by atomic mass is 9.77. The Kier molecular flexibility index (Phi) is 4.92. The monoisotopic (exact) mass is 350 g/mol. The van der Waals surface area contributed by atoms with Crippen molar-refractivity contribution in [3.8, 4) is 0 Å². The molecule has 7 heteroatoms. The highest BCUT2D eigenvalue weighted by atomic mass is 16.5. The molecule has 7 nitrogen and oxygen atoms in total. The molecule has 2 aliphatic rings. The molecule has 2 saturated heterocycles. The van der Waals surface area contributed by atoms with E-state index in [4.69, 9.17) is 4.74 Å². The summed E-state index contributed by atoms with van der Waals surface area (Å²) >= 11 is 0. The van der Waals surface area contributed by atoms with Gasteiger partial charge in [0.2, 0.25) is 0 Å². The fourth-order valence-electron chi connectivity index (χ4n) is 3.99. The standard InChI is InChI=1S/C18H30N4O3/c1-5-22-11-14(13(2)20-22)16(23)21-8-6-18(7-9-21)10-15(19-4)17(3,24)12-25-18/h11,15,19,24H,5-10,12H2,1-4H3/t15-,17-/m0/s1. The predicted octanol–water partition coefficient (Wildman–Crippen LogP) is 0.946. The maximum atomic E-state index is 12.8. The lowest BCUT2D eigenvalue weighted by Gasteiger charge is -2.50. The van der Waals surface area contributed by atoms with E-state index in [2.05, 4.69) is 10.4 Å². The van der Waals surface area contributed by atoms with Gasteiger partial charge in [-0.25, -0.2) is 0 Å². The van der Waals surface area contributed by atoms with Crippen LogP contribution in [0.25, 0.3) is 0 Å². The van der Waals surface area contributed by atoms with E-state index >= 15 is 0 Å². The van der Waals surface area contributed by atoms with Gasteiger partial charge in [-0.2, -0.15) is 5.10 Å². The van der Waals surface area contributed by atoms with Gasteiger partial charge in [0.1, 0.15) is 5.60 Å². The smallest absolute Gasteiger partial charge is 0.257 e. The zero-order valence-corrected chi connectivity index (χ0v) is 15.7. The first-order chi connectivity index (χ1) is 11.8. The van der Waals surface area contributed by atoms with Crippen molar-refractivity contribution in [1.29, 1.82) is 0 Å². The Labute approximate surface area is 149 Å². The molecule has 2 fully saturated rings. The molecule has 3 rings (SSSR count). The second-order valence-corrected chi connectivity index (χ2v) is 7.65. The molecule has 2 atom stereocenters. The van der Waals surface area contributed by atoms with Crippen molar-refractivity contribution in [1.82, 2.24) is 20.0 Å². The third-order valence-electron chi connectivity index (χ3n) is 5.81. The molecule has 3 heterocycles. The van der Waals surface area contributed by atoms with Crippen LogP contribution in [0.2, 0.25) is 0 Å². The van der Waals surface area contributed by atoms with Crippen LogP contribution in [0.3, 0.4) is 0 Å². The molecule has 2 aliphatic heterocycles. The Bertz CT molecular complexity index is 632. The van der Waals surface area contributed by atoms with Crippen molar-refractivity contribution in [2.24, 2.45) is 0 Å². The van der Waals surface area contributed by atoms with Crippen LogP contribution in [0.5, 0.6) is 0 Å². The number of piperidine rings is 1. The maximum Gasteiger partial charge on any atom is 0.257 e. The molecule has 2 N–H and O–H groups in total. The number of carbonyl (C=O) groups is 1. The third kappa shape index (κ3) is 3.45. The number of carbonyl (C=O) groups excluding carboxylic acids is 1. The first-order valence-corrected chi connectivity index (χ1v) is 9.17. The van der Waals surface area contributed by atoms with Crippen LogP contribution in [-0.4, -0.2) is 69.7 Å². The first kappa shape index (κ1) is 18.4. The number of amides is 1. The fraction of sp³-hybridized carbons (Fsp3) is 0.778. The minimum absolute atomic E-state index is 0.00790. The summed E-state index contributed by atoms with van der Waals surface area (Å²) in [5.74, 6) is 0.0556. The minimum atomic E-state index is -0.848. The molecule has 1 spiro atoms. The zero-order chi connectivity index (χ0) is 18.2. The van der Waals surface area contributed by atoms with Crippen LogP contribution >= 0.6 is 0 Å². The third-order valence-corrected chi connectivity index (χ3v) is 5.81. The Balaban J connectivity index is 1.65. The van der Waals surface area contributed by atoms with Crippen molar-refractivity contribution in [3.05, 3.63) is 17.5 Å². The first-order valence-electron chi connectivity index (χ1n) is 9.17. The minimum Gasteiger partial charge on any atom is -0.386 e. The van der Waals surface area contributed by atoms with Crippen molar-refractivity contribution < 1.29 is 14.6 Å². The molecule has 0 radical (unpaired) electrons. The summed E-state index contributed by atoms with van der Waals surface area (Å²) in [4.78, 5) is 14.7. The number of ether oxygens (including phenoxy) is 1. The number of aryl methyl sites for hydroxylation is 2. The van der Waals surface area contributed by atoms with E-state index in [1.807, 2.05) is 38.9 Å². The Hall–Kier alpha value is -1.44. The number of hydrogen-bond acceptors (Lipinski definition) is 5. The average Bonchev–Trinajstić information content (AvgIpc) is 2.98. The van der Waals surface area contributed by atoms with Gasteiger partial charge >= 0.3 is 0 Å². The molecule has 25 heavy (non-hydrogen) atoms. The molecular weight excluding hydrogens is 320 g/mol. The normalized spacial score (nSPS) is 29.2. The molecule has 0 bridgehead atoms. The fourth-order valence-corrected chi connectivity index (χ4v) is 3.99. The number of aliphatic hydroxyl groups is 1. The van der Waals surface area contributed by atoms with E-state index in [-0.39, 0.29) is 17.6 Å². The van der Waals surface area contributed by atoms with Crippen LogP contribution in [0.4, 0.5) is 0 Å². The number of hydrogen-bond donors (Lipinski definition) is 2. The van der Waals surface area contributed by atoms with Crippen molar-refractivity contribution in [2.45, 2.75) is 63.8 Å². The van der Waals surface area contributed by atoms with E-state index in [9.17, 15) is 9.90 Å². The van der Waals surface area contributed by atoms with Gasteiger partial charge in [-0.3, -0.25) is 9.48 Å². The summed E-state index contributed by atoms with van der Waals surface area (Å²) in [5.41, 5.74) is 0.388. The number of nitrogens with one attached hydrogen (secondary N) is 1. The van der Waals surface area contributed by atoms with Crippen molar-refractivity contribution in [3.63, 3.8) is 0 Å². The number of likely N-dealkylation sites (N-methyl/N-ethyl adjacent to an activating group) is 1. The summed E-state index contributed by atoms with van der Waals surface area (Å²) in [7, 11) is 1.88. The second-order valence-electron chi connectivity index (χ2n) is 7.65. The Morgan fingerprint density at radius 1 is 1.48 bits per heavy atom. The highest BCUT2D eigenvalue weighted by molar-refractivity contribution is 5.95. The molecule has 1 aromatic heterocycles. The molecule has 0 unspecified atom stereocenters. The van der Waals surface area contributed by atoms with Gasteiger partial charge < -0.3 is 20.1 Å². The lowest BCUT2D eigenvalue weighted by Crippen LogP contribution is -2.62.